The lowest BCUT2D eigenvalue weighted by atomic mass is 10.1. The maximum absolute atomic E-state index is 12.5. The Morgan fingerprint density at radius 3 is 2.61 bits per heavy atom. The van der Waals surface area contributed by atoms with Gasteiger partial charge in [-0.3, -0.25) is 9.59 Å². The Morgan fingerprint density at radius 1 is 1.14 bits per heavy atom. The van der Waals surface area contributed by atoms with Crippen molar-refractivity contribution in [1.29, 1.82) is 0 Å². The average Bonchev–Trinajstić information content (AvgIpc) is 3.07. The summed E-state index contributed by atoms with van der Waals surface area (Å²) in [4.78, 5) is 24.1. The van der Waals surface area contributed by atoms with Crippen LogP contribution in [0.25, 0.3) is 5.69 Å². The van der Waals surface area contributed by atoms with Gasteiger partial charge in [0.25, 0.3) is 5.91 Å². The molecule has 0 radical (unpaired) electrons. The Balaban J connectivity index is 1.73. The Labute approximate surface area is 172 Å². The fourth-order valence-electron chi connectivity index (χ4n) is 2.63. The molecule has 28 heavy (non-hydrogen) atoms. The van der Waals surface area contributed by atoms with E-state index in [-0.39, 0.29) is 11.8 Å². The smallest absolute Gasteiger partial charge is 0.251 e. The van der Waals surface area contributed by atoms with Crippen molar-refractivity contribution in [1.82, 2.24) is 15.1 Å². The second kappa shape index (κ2) is 8.84. The van der Waals surface area contributed by atoms with E-state index in [9.17, 15) is 9.59 Å². The Hall–Kier alpha value is -2.93. The van der Waals surface area contributed by atoms with E-state index in [1.165, 1.54) is 0 Å². The van der Waals surface area contributed by atoms with E-state index >= 15 is 0 Å². The van der Waals surface area contributed by atoms with E-state index in [1.807, 2.05) is 43.3 Å². The summed E-state index contributed by atoms with van der Waals surface area (Å²) < 4.78 is 2.66. The molecule has 0 aliphatic rings. The zero-order valence-corrected chi connectivity index (χ0v) is 17.3. The van der Waals surface area contributed by atoms with Crippen molar-refractivity contribution < 1.29 is 9.59 Å². The Morgan fingerprint density at radius 2 is 1.89 bits per heavy atom. The van der Waals surface area contributed by atoms with Gasteiger partial charge in [0, 0.05) is 23.0 Å². The number of nitrogens with zero attached hydrogens (tertiary/aromatic N) is 2. The summed E-state index contributed by atoms with van der Waals surface area (Å²) in [6.45, 7) is 4.08. The minimum atomic E-state index is -0.159. The average molecular weight is 441 g/mol. The number of benzene rings is 2. The van der Waals surface area contributed by atoms with Gasteiger partial charge in [0.2, 0.25) is 5.91 Å². The van der Waals surface area contributed by atoms with Crippen molar-refractivity contribution in [2.75, 3.05) is 5.32 Å². The van der Waals surface area contributed by atoms with Crippen LogP contribution in [0, 0.1) is 6.92 Å². The first-order valence-corrected chi connectivity index (χ1v) is 9.74. The molecule has 0 fully saturated rings. The lowest BCUT2D eigenvalue weighted by Gasteiger charge is -2.08. The van der Waals surface area contributed by atoms with Crippen molar-refractivity contribution in [3.8, 4) is 5.69 Å². The van der Waals surface area contributed by atoms with Gasteiger partial charge in [0.05, 0.1) is 23.3 Å². The quantitative estimate of drug-likeness (QED) is 0.602. The molecule has 0 saturated carbocycles. The first-order valence-electron chi connectivity index (χ1n) is 8.95. The number of carbonyl (C=O) groups is 2. The molecule has 0 aliphatic carbocycles. The molecule has 0 atom stereocenters. The predicted molar refractivity (Wildman–Crippen MR) is 113 cm³/mol. The van der Waals surface area contributed by atoms with Gasteiger partial charge in [-0.1, -0.05) is 41.1 Å². The summed E-state index contributed by atoms with van der Waals surface area (Å²) in [6.07, 6.45) is 2.15. The summed E-state index contributed by atoms with van der Waals surface area (Å²) in [5.41, 5.74) is 3.69. The normalized spacial score (nSPS) is 10.5. The minimum absolute atomic E-state index is 0.0660. The maximum atomic E-state index is 12.5. The zero-order valence-electron chi connectivity index (χ0n) is 15.7. The van der Waals surface area contributed by atoms with Crippen LogP contribution < -0.4 is 10.6 Å². The van der Waals surface area contributed by atoms with Gasteiger partial charge in [-0.15, -0.1) is 0 Å². The fraction of sp³-hybridized carbons (Fsp3) is 0.190. The SMILES string of the molecule is CCC(=O)Nc1cn(-c2cccc(C(=O)NCc3ccc(Br)cc3)c2)nc1C. The molecular weight excluding hydrogens is 420 g/mol. The number of nitrogens with one attached hydrogen (secondary N) is 2. The number of aryl methyl sites for hydroxylation is 1. The molecule has 2 N–H and O–H groups in total. The maximum Gasteiger partial charge on any atom is 0.251 e. The molecule has 0 bridgehead atoms. The molecule has 2 amide bonds. The first kappa shape index (κ1) is 19.8. The van der Waals surface area contributed by atoms with Crippen LogP contribution in [0.1, 0.15) is 35.0 Å². The molecule has 7 heteroatoms. The molecule has 2 aromatic carbocycles. The highest BCUT2D eigenvalue weighted by molar-refractivity contribution is 9.10. The molecule has 1 aromatic heterocycles. The summed E-state index contributed by atoms with van der Waals surface area (Å²) in [6, 6.07) is 15.0. The summed E-state index contributed by atoms with van der Waals surface area (Å²) in [7, 11) is 0. The molecule has 1 heterocycles. The number of rotatable bonds is 6. The standard InChI is InChI=1S/C21H21BrN4O2/c1-3-20(27)24-19-13-26(25-14(19)2)18-6-4-5-16(11-18)21(28)23-12-15-7-9-17(22)10-8-15/h4-11,13H,3,12H2,1-2H3,(H,23,28)(H,24,27). The van der Waals surface area contributed by atoms with E-state index < -0.39 is 0 Å². The topological polar surface area (TPSA) is 76.0 Å². The highest BCUT2D eigenvalue weighted by Gasteiger charge is 2.11. The minimum Gasteiger partial charge on any atom is -0.348 e. The van der Waals surface area contributed by atoms with Crippen LogP contribution in [0.2, 0.25) is 0 Å². The molecule has 0 saturated heterocycles. The second-order valence-corrected chi connectivity index (χ2v) is 7.25. The molecule has 0 aliphatic heterocycles. The first-order chi connectivity index (χ1) is 13.5. The molecule has 0 spiro atoms. The summed E-state index contributed by atoms with van der Waals surface area (Å²) in [5.74, 6) is -0.225. The summed E-state index contributed by atoms with van der Waals surface area (Å²) in [5, 5.41) is 10.2. The number of halogens is 1. The molecular formula is C21H21BrN4O2. The van der Waals surface area contributed by atoms with E-state index in [1.54, 1.807) is 29.9 Å². The highest BCUT2D eigenvalue weighted by Crippen LogP contribution is 2.18. The molecule has 0 unspecified atom stereocenters. The molecule has 3 rings (SSSR count). The van der Waals surface area contributed by atoms with Crippen LogP contribution in [0.15, 0.2) is 59.2 Å². The van der Waals surface area contributed by atoms with Crippen LogP contribution in [-0.2, 0) is 11.3 Å². The van der Waals surface area contributed by atoms with Crippen LogP contribution in [-0.4, -0.2) is 21.6 Å². The van der Waals surface area contributed by atoms with Crippen molar-refractivity contribution in [2.24, 2.45) is 0 Å². The van der Waals surface area contributed by atoms with Gasteiger partial charge in [-0.25, -0.2) is 4.68 Å². The number of carbonyl (C=O) groups excluding carboxylic acids is 2. The predicted octanol–water partition coefficient (Wildman–Crippen LogP) is 4.22. The second-order valence-electron chi connectivity index (χ2n) is 6.33. The number of hydrogen-bond acceptors (Lipinski definition) is 3. The van der Waals surface area contributed by atoms with E-state index in [0.717, 1.165) is 15.7 Å². The van der Waals surface area contributed by atoms with Gasteiger partial charge in [-0.2, -0.15) is 5.10 Å². The third-order valence-electron chi connectivity index (χ3n) is 4.23. The van der Waals surface area contributed by atoms with Crippen LogP contribution in [0.3, 0.4) is 0 Å². The van der Waals surface area contributed by atoms with Gasteiger partial charge < -0.3 is 10.6 Å². The number of hydrogen-bond donors (Lipinski definition) is 2. The van der Waals surface area contributed by atoms with Crippen molar-refractivity contribution in [3.05, 3.63) is 76.0 Å². The van der Waals surface area contributed by atoms with E-state index in [2.05, 4.69) is 31.7 Å². The zero-order chi connectivity index (χ0) is 20.1. The van der Waals surface area contributed by atoms with Crippen molar-refractivity contribution >= 4 is 33.4 Å². The molecule has 3 aromatic rings. The highest BCUT2D eigenvalue weighted by atomic mass is 79.9. The summed E-state index contributed by atoms with van der Waals surface area (Å²) >= 11 is 3.40. The van der Waals surface area contributed by atoms with Crippen LogP contribution in [0.4, 0.5) is 5.69 Å². The van der Waals surface area contributed by atoms with Crippen molar-refractivity contribution in [2.45, 2.75) is 26.8 Å². The van der Waals surface area contributed by atoms with Crippen molar-refractivity contribution in [3.63, 3.8) is 0 Å². The Kier molecular flexibility index (Phi) is 6.26. The fourth-order valence-corrected chi connectivity index (χ4v) is 2.89. The van der Waals surface area contributed by atoms with Gasteiger partial charge in [0.1, 0.15) is 0 Å². The third kappa shape index (κ3) is 4.86. The lowest BCUT2D eigenvalue weighted by Crippen LogP contribution is -2.22. The third-order valence-corrected chi connectivity index (χ3v) is 4.76. The van der Waals surface area contributed by atoms with Gasteiger partial charge >= 0.3 is 0 Å². The number of aromatic nitrogens is 2. The van der Waals surface area contributed by atoms with Gasteiger partial charge in [0.15, 0.2) is 0 Å². The monoisotopic (exact) mass is 440 g/mol. The van der Waals surface area contributed by atoms with Crippen LogP contribution >= 0.6 is 15.9 Å². The molecule has 6 nitrogen and oxygen atoms in total. The van der Waals surface area contributed by atoms with Crippen LogP contribution in [0.5, 0.6) is 0 Å². The van der Waals surface area contributed by atoms with E-state index in [4.69, 9.17) is 0 Å². The van der Waals surface area contributed by atoms with E-state index in [0.29, 0.717) is 29.9 Å². The largest absolute Gasteiger partial charge is 0.348 e. The van der Waals surface area contributed by atoms with Gasteiger partial charge in [-0.05, 0) is 42.8 Å². The molecule has 144 valence electrons. The number of anilines is 1. The lowest BCUT2D eigenvalue weighted by molar-refractivity contribution is -0.115. The number of amides is 2. The Bertz CT molecular complexity index is 996.